The predicted molar refractivity (Wildman–Crippen MR) is 76.3 cm³/mol. The second kappa shape index (κ2) is 7.53. The van der Waals surface area contributed by atoms with Crippen LogP contribution in [0.25, 0.3) is 0 Å². The third-order valence-corrected chi connectivity index (χ3v) is 2.86. The van der Waals surface area contributed by atoms with Gasteiger partial charge in [0.15, 0.2) is 5.82 Å². The van der Waals surface area contributed by atoms with Crippen molar-refractivity contribution in [3.05, 3.63) is 33.6 Å². The van der Waals surface area contributed by atoms with Gasteiger partial charge in [0.05, 0.1) is 16.7 Å². The maximum Gasteiger partial charge on any atom is 0.342 e. The van der Waals surface area contributed by atoms with E-state index < -0.39 is 28.0 Å². The first-order valence-corrected chi connectivity index (χ1v) is 6.42. The summed E-state index contributed by atoms with van der Waals surface area (Å²) in [5.74, 6) is -2.29. The standard InChI is InChI=1S/C13H18FN3O4/c1-16(2)6-4-3-5-15-11-7-9(13(18)19)12(17(20)21)8-10(11)14/h7-8,15H,3-6H2,1-2H3,(H,18,19). The molecule has 0 radical (unpaired) electrons. The first-order chi connectivity index (χ1) is 9.82. The summed E-state index contributed by atoms with van der Waals surface area (Å²) in [5.41, 5.74) is -1.32. The van der Waals surface area contributed by atoms with Crippen molar-refractivity contribution in [1.82, 2.24) is 4.90 Å². The Morgan fingerprint density at radius 2 is 2.10 bits per heavy atom. The Morgan fingerprint density at radius 3 is 2.62 bits per heavy atom. The number of nitrogens with zero attached hydrogens (tertiary/aromatic N) is 2. The topological polar surface area (TPSA) is 95.7 Å². The molecule has 0 heterocycles. The molecule has 21 heavy (non-hydrogen) atoms. The molecule has 1 rings (SSSR count). The van der Waals surface area contributed by atoms with Crippen molar-refractivity contribution in [3.63, 3.8) is 0 Å². The van der Waals surface area contributed by atoms with Crippen molar-refractivity contribution in [3.8, 4) is 0 Å². The van der Waals surface area contributed by atoms with E-state index in [1.165, 1.54) is 0 Å². The lowest BCUT2D eigenvalue weighted by molar-refractivity contribution is -0.385. The number of halogens is 1. The van der Waals surface area contributed by atoms with Gasteiger partial charge in [-0.05, 0) is 39.5 Å². The number of nitrogens with one attached hydrogen (secondary N) is 1. The molecule has 0 aliphatic carbocycles. The smallest absolute Gasteiger partial charge is 0.342 e. The Bertz CT molecular complexity index is 534. The van der Waals surface area contributed by atoms with Crippen LogP contribution in [0.2, 0.25) is 0 Å². The van der Waals surface area contributed by atoms with Gasteiger partial charge in [-0.15, -0.1) is 0 Å². The summed E-state index contributed by atoms with van der Waals surface area (Å²) in [5, 5.41) is 22.4. The van der Waals surface area contributed by atoms with E-state index in [1.807, 2.05) is 19.0 Å². The monoisotopic (exact) mass is 299 g/mol. The number of carbonyl (C=O) groups is 1. The van der Waals surface area contributed by atoms with Gasteiger partial charge in [0.25, 0.3) is 5.69 Å². The summed E-state index contributed by atoms with van der Waals surface area (Å²) in [7, 11) is 3.89. The summed E-state index contributed by atoms with van der Waals surface area (Å²) in [6, 6.07) is 1.59. The van der Waals surface area contributed by atoms with Crippen LogP contribution in [0, 0.1) is 15.9 Å². The van der Waals surface area contributed by atoms with Crippen molar-refractivity contribution < 1.29 is 19.2 Å². The average Bonchev–Trinajstić information content (AvgIpc) is 2.38. The summed E-state index contributed by atoms with van der Waals surface area (Å²) in [4.78, 5) is 22.8. The Kier molecular flexibility index (Phi) is 6.04. The minimum atomic E-state index is -1.46. The van der Waals surface area contributed by atoms with Crippen LogP contribution >= 0.6 is 0 Å². The number of hydrogen-bond acceptors (Lipinski definition) is 5. The number of rotatable bonds is 8. The van der Waals surface area contributed by atoms with Gasteiger partial charge in [-0.25, -0.2) is 9.18 Å². The number of carboxylic acid groups (broad SMARTS) is 1. The van der Waals surface area contributed by atoms with Gasteiger partial charge in [0, 0.05) is 6.54 Å². The van der Waals surface area contributed by atoms with Crippen molar-refractivity contribution in [2.75, 3.05) is 32.5 Å². The largest absolute Gasteiger partial charge is 0.477 e. The van der Waals surface area contributed by atoms with Crippen LogP contribution in [0.3, 0.4) is 0 Å². The second-order valence-electron chi connectivity index (χ2n) is 4.85. The highest BCUT2D eigenvalue weighted by Gasteiger charge is 2.23. The zero-order valence-corrected chi connectivity index (χ0v) is 11.9. The third kappa shape index (κ3) is 4.99. The van der Waals surface area contributed by atoms with Crippen molar-refractivity contribution in [2.45, 2.75) is 12.8 Å². The molecule has 0 aliphatic rings. The molecule has 1 aromatic rings. The fraction of sp³-hybridized carbons (Fsp3) is 0.462. The molecule has 8 heteroatoms. The lowest BCUT2D eigenvalue weighted by atomic mass is 10.1. The minimum Gasteiger partial charge on any atom is -0.477 e. The van der Waals surface area contributed by atoms with Crippen LogP contribution in [-0.2, 0) is 0 Å². The SMILES string of the molecule is CN(C)CCCCNc1cc(C(=O)O)c([N+](=O)[O-])cc1F. The molecule has 7 nitrogen and oxygen atoms in total. The number of nitro benzene ring substituents is 1. The molecular formula is C13H18FN3O4. The van der Waals surface area contributed by atoms with Crippen LogP contribution in [0.4, 0.5) is 15.8 Å². The van der Waals surface area contributed by atoms with Crippen LogP contribution < -0.4 is 5.32 Å². The van der Waals surface area contributed by atoms with Gasteiger partial charge in [-0.2, -0.15) is 0 Å². The molecule has 0 aliphatic heterocycles. The van der Waals surface area contributed by atoms with Gasteiger partial charge >= 0.3 is 5.97 Å². The molecule has 116 valence electrons. The fourth-order valence-electron chi connectivity index (χ4n) is 1.80. The summed E-state index contributed by atoms with van der Waals surface area (Å²) in [6.45, 7) is 1.35. The van der Waals surface area contributed by atoms with Crippen LogP contribution in [0.5, 0.6) is 0 Å². The molecule has 0 spiro atoms. The molecule has 0 saturated heterocycles. The first-order valence-electron chi connectivity index (χ1n) is 6.42. The van der Waals surface area contributed by atoms with Gasteiger partial charge in [-0.1, -0.05) is 0 Å². The zero-order chi connectivity index (χ0) is 16.0. The van der Waals surface area contributed by atoms with E-state index in [4.69, 9.17) is 5.11 Å². The van der Waals surface area contributed by atoms with Crippen molar-refractivity contribution in [2.24, 2.45) is 0 Å². The van der Waals surface area contributed by atoms with E-state index in [9.17, 15) is 19.3 Å². The highest BCUT2D eigenvalue weighted by atomic mass is 19.1. The Balaban J connectivity index is 2.77. The van der Waals surface area contributed by atoms with Crippen LogP contribution in [0.1, 0.15) is 23.2 Å². The van der Waals surface area contributed by atoms with E-state index >= 15 is 0 Å². The molecule has 0 atom stereocenters. The summed E-state index contributed by atoms with van der Waals surface area (Å²) >= 11 is 0. The molecule has 0 aromatic heterocycles. The molecule has 0 bridgehead atoms. The maximum absolute atomic E-state index is 13.7. The normalized spacial score (nSPS) is 10.7. The Morgan fingerprint density at radius 1 is 1.43 bits per heavy atom. The van der Waals surface area contributed by atoms with Crippen LogP contribution in [0.15, 0.2) is 12.1 Å². The van der Waals surface area contributed by atoms with E-state index in [-0.39, 0.29) is 5.69 Å². The van der Waals surface area contributed by atoms with E-state index in [0.717, 1.165) is 25.5 Å². The highest BCUT2D eigenvalue weighted by Crippen LogP contribution is 2.26. The second-order valence-corrected chi connectivity index (χ2v) is 4.85. The molecule has 0 unspecified atom stereocenters. The summed E-state index contributed by atoms with van der Waals surface area (Å²) in [6.07, 6.45) is 1.68. The predicted octanol–water partition coefficient (Wildman–Crippen LogP) is 2.19. The first kappa shape index (κ1) is 16.8. The van der Waals surface area contributed by atoms with Gasteiger partial charge in [0.1, 0.15) is 5.56 Å². The number of anilines is 1. The molecule has 0 fully saturated rings. The van der Waals surface area contributed by atoms with E-state index in [1.54, 1.807) is 0 Å². The maximum atomic E-state index is 13.7. The molecule has 0 saturated carbocycles. The van der Waals surface area contributed by atoms with Crippen molar-refractivity contribution in [1.29, 1.82) is 0 Å². The number of hydrogen-bond donors (Lipinski definition) is 2. The lowest BCUT2D eigenvalue weighted by Crippen LogP contribution is -2.14. The number of aromatic carboxylic acids is 1. The van der Waals surface area contributed by atoms with Gasteiger partial charge in [-0.3, -0.25) is 10.1 Å². The average molecular weight is 299 g/mol. The number of benzene rings is 1. The van der Waals surface area contributed by atoms with Crippen molar-refractivity contribution >= 4 is 17.3 Å². The molecule has 0 amide bonds. The zero-order valence-electron chi connectivity index (χ0n) is 11.9. The van der Waals surface area contributed by atoms with E-state index in [0.29, 0.717) is 12.6 Å². The fourth-order valence-corrected chi connectivity index (χ4v) is 1.80. The Hall–Kier alpha value is -2.22. The highest BCUT2D eigenvalue weighted by molar-refractivity contribution is 5.93. The van der Waals surface area contributed by atoms with Gasteiger partial charge in [0.2, 0.25) is 0 Å². The van der Waals surface area contributed by atoms with E-state index in [2.05, 4.69) is 5.32 Å². The van der Waals surface area contributed by atoms with Crippen LogP contribution in [-0.4, -0.2) is 48.1 Å². The molecule has 1 aromatic carbocycles. The summed E-state index contributed by atoms with van der Waals surface area (Å²) < 4.78 is 13.7. The number of nitro groups is 1. The lowest BCUT2D eigenvalue weighted by Gasteiger charge is -2.11. The van der Waals surface area contributed by atoms with Gasteiger partial charge < -0.3 is 15.3 Å². The third-order valence-electron chi connectivity index (χ3n) is 2.86. The number of unbranched alkanes of at least 4 members (excludes halogenated alkanes) is 1. The molecular weight excluding hydrogens is 281 g/mol. The minimum absolute atomic E-state index is 0.0390. The Labute approximate surface area is 121 Å². The number of carboxylic acids is 1. The quantitative estimate of drug-likeness (QED) is 0.434. The molecule has 2 N–H and O–H groups in total.